The van der Waals surface area contributed by atoms with Gasteiger partial charge in [-0.1, -0.05) is 45.8 Å². The van der Waals surface area contributed by atoms with Crippen LogP contribution in [0, 0.1) is 12.7 Å². The summed E-state index contributed by atoms with van der Waals surface area (Å²) in [6.07, 6.45) is 1.59. The summed E-state index contributed by atoms with van der Waals surface area (Å²) in [4.78, 5) is 0. The fourth-order valence-corrected chi connectivity index (χ4v) is 2.52. The normalized spacial score (nSPS) is 12.4. The zero-order chi connectivity index (χ0) is 13.8. The van der Waals surface area contributed by atoms with E-state index in [0.717, 1.165) is 17.3 Å². The third-order valence-corrected chi connectivity index (χ3v) is 3.68. The zero-order valence-electron chi connectivity index (χ0n) is 10.9. The van der Waals surface area contributed by atoms with E-state index in [1.807, 2.05) is 6.07 Å². The smallest absolute Gasteiger partial charge is 0.128 e. The van der Waals surface area contributed by atoms with Crippen LogP contribution in [0.1, 0.15) is 29.2 Å². The molecule has 0 radical (unpaired) electrons. The molecular formula is C16H17BrFN. The summed E-state index contributed by atoms with van der Waals surface area (Å²) >= 11 is 3.35. The number of rotatable bonds is 4. The molecule has 2 aromatic carbocycles. The molecule has 0 spiro atoms. The molecule has 1 unspecified atom stereocenters. The van der Waals surface area contributed by atoms with Gasteiger partial charge >= 0.3 is 0 Å². The van der Waals surface area contributed by atoms with Crippen molar-refractivity contribution in [1.29, 1.82) is 0 Å². The first-order valence-corrected chi connectivity index (χ1v) is 7.11. The molecular weight excluding hydrogens is 305 g/mol. The van der Waals surface area contributed by atoms with E-state index in [1.54, 1.807) is 12.1 Å². The number of hydrogen-bond donors (Lipinski definition) is 1. The first-order chi connectivity index (χ1) is 9.06. The number of hydrogen-bond acceptors (Lipinski definition) is 1. The molecule has 0 fully saturated rings. The molecule has 0 bridgehead atoms. The van der Waals surface area contributed by atoms with E-state index >= 15 is 0 Å². The highest BCUT2D eigenvalue weighted by atomic mass is 79.9. The lowest BCUT2D eigenvalue weighted by Crippen LogP contribution is -2.13. The highest BCUT2D eigenvalue weighted by molar-refractivity contribution is 9.10. The van der Waals surface area contributed by atoms with Crippen LogP contribution in [0.2, 0.25) is 0 Å². The van der Waals surface area contributed by atoms with Crippen LogP contribution < -0.4 is 5.73 Å². The van der Waals surface area contributed by atoms with Crippen molar-refractivity contribution in [1.82, 2.24) is 0 Å². The number of aryl methyl sites for hydroxylation is 2. The molecule has 0 heterocycles. The fraction of sp³-hybridized carbons (Fsp3) is 0.250. The van der Waals surface area contributed by atoms with Crippen LogP contribution >= 0.6 is 15.9 Å². The van der Waals surface area contributed by atoms with E-state index < -0.39 is 0 Å². The molecule has 3 heteroatoms. The lowest BCUT2D eigenvalue weighted by atomic mass is 9.98. The molecule has 0 amide bonds. The van der Waals surface area contributed by atoms with Crippen LogP contribution in [0.5, 0.6) is 0 Å². The van der Waals surface area contributed by atoms with Crippen molar-refractivity contribution >= 4 is 15.9 Å². The predicted octanol–water partition coefficient (Wildman–Crippen LogP) is 4.53. The maximum Gasteiger partial charge on any atom is 0.128 e. The van der Waals surface area contributed by atoms with Crippen molar-refractivity contribution in [2.75, 3.05) is 0 Å². The number of nitrogens with two attached hydrogens (primary N) is 1. The Morgan fingerprint density at radius 3 is 2.74 bits per heavy atom. The molecule has 2 aromatic rings. The van der Waals surface area contributed by atoms with Gasteiger partial charge in [-0.3, -0.25) is 0 Å². The van der Waals surface area contributed by atoms with Crippen molar-refractivity contribution in [2.45, 2.75) is 25.8 Å². The standard InChI is InChI=1S/C16H17BrFN/c1-11-3-2-4-12(9-11)5-8-16(19)14-10-13(17)6-7-15(14)18/h2-4,6-7,9-10,16H,5,8,19H2,1H3. The van der Waals surface area contributed by atoms with Crippen LogP contribution in [0.3, 0.4) is 0 Å². The van der Waals surface area contributed by atoms with Gasteiger partial charge in [-0.15, -0.1) is 0 Å². The van der Waals surface area contributed by atoms with Crippen LogP contribution in [0.25, 0.3) is 0 Å². The maximum absolute atomic E-state index is 13.7. The Morgan fingerprint density at radius 1 is 1.21 bits per heavy atom. The Balaban J connectivity index is 2.05. The third-order valence-electron chi connectivity index (χ3n) is 3.18. The van der Waals surface area contributed by atoms with Crippen LogP contribution in [0.4, 0.5) is 4.39 Å². The van der Waals surface area contributed by atoms with Crippen molar-refractivity contribution in [2.24, 2.45) is 5.73 Å². The Kier molecular flexibility index (Phi) is 4.72. The van der Waals surface area contributed by atoms with Gasteiger partial charge < -0.3 is 5.73 Å². The Hall–Kier alpha value is -1.19. The van der Waals surface area contributed by atoms with Crippen LogP contribution in [-0.2, 0) is 6.42 Å². The second-order valence-electron chi connectivity index (χ2n) is 4.80. The lowest BCUT2D eigenvalue weighted by molar-refractivity contribution is 0.563. The van der Waals surface area contributed by atoms with Gasteiger partial charge in [0.1, 0.15) is 5.82 Å². The van der Waals surface area contributed by atoms with Gasteiger partial charge in [-0.25, -0.2) is 4.39 Å². The molecule has 2 N–H and O–H groups in total. The average Bonchev–Trinajstić information content (AvgIpc) is 2.39. The summed E-state index contributed by atoms with van der Waals surface area (Å²) < 4.78 is 14.6. The maximum atomic E-state index is 13.7. The number of halogens is 2. The molecule has 19 heavy (non-hydrogen) atoms. The van der Waals surface area contributed by atoms with Gasteiger partial charge in [-0.2, -0.15) is 0 Å². The Labute approximate surface area is 121 Å². The topological polar surface area (TPSA) is 26.0 Å². The van der Waals surface area contributed by atoms with Gasteiger partial charge in [0.25, 0.3) is 0 Å². The van der Waals surface area contributed by atoms with Crippen molar-refractivity contribution in [3.8, 4) is 0 Å². The van der Waals surface area contributed by atoms with Gasteiger partial charge in [0.15, 0.2) is 0 Å². The minimum absolute atomic E-state index is 0.236. The first-order valence-electron chi connectivity index (χ1n) is 6.32. The Morgan fingerprint density at radius 2 is 2.00 bits per heavy atom. The molecule has 0 saturated carbocycles. The van der Waals surface area contributed by atoms with Crippen LogP contribution in [0.15, 0.2) is 46.9 Å². The summed E-state index contributed by atoms with van der Waals surface area (Å²) in [6.45, 7) is 2.07. The molecule has 0 aliphatic heterocycles. The molecule has 0 aromatic heterocycles. The Bertz CT molecular complexity index is 568. The largest absolute Gasteiger partial charge is 0.324 e. The van der Waals surface area contributed by atoms with E-state index in [-0.39, 0.29) is 11.9 Å². The molecule has 1 nitrogen and oxygen atoms in total. The van der Waals surface area contributed by atoms with E-state index in [2.05, 4.69) is 41.1 Å². The molecule has 0 saturated heterocycles. The highest BCUT2D eigenvalue weighted by Crippen LogP contribution is 2.23. The van der Waals surface area contributed by atoms with Crippen molar-refractivity contribution in [3.63, 3.8) is 0 Å². The predicted molar refractivity (Wildman–Crippen MR) is 80.5 cm³/mol. The second kappa shape index (κ2) is 6.31. The summed E-state index contributed by atoms with van der Waals surface area (Å²) in [5.41, 5.74) is 9.14. The van der Waals surface area contributed by atoms with Gasteiger partial charge in [0.2, 0.25) is 0 Å². The molecule has 0 aliphatic carbocycles. The molecule has 0 aliphatic rings. The minimum atomic E-state index is -0.280. The monoisotopic (exact) mass is 321 g/mol. The van der Waals surface area contributed by atoms with E-state index in [1.165, 1.54) is 17.2 Å². The number of benzene rings is 2. The third kappa shape index (κ3) is 3.88. The fourth-order valence-electron chi connectivity index (χ4n) is 2.14. The molecule has 2 rings (SSSR count). The average molecular weight is 322 g/mol. The quantitative estimate of drug-likeness (QED) is 0.879. The van der Waals surface area contributed by atoms with E-state index in [4.69, 9.17) is 5.73 Å². The van der Waals surface area contributed by atoms with Crippen molar-refractivity contribution < 1.29 is 4.39 Å². The molecule has 100 valence electrons. The summed E-state index contributed by atoms with van der Waals surface area (Å²) in [6, 6.07) is 12.9. The molecule has 1 atom stereocenters. The van der Waals surface area contributed by atoms with E-state index in [9.17, 15) is 4.39 Å². The lowest BCUT2D eigenvalue weighted by Gasteiger charge is -2.13. The summed E-state index contributed by atoms with van der Waals surface area (Å²) in [7, 11) is 0. The highest BCUT2D eigenvalue weighted by Gasteiger charge is 2.12. The van der Waals surface area contributed by atoms with Crippen molar-refractivity contribution in [3.05, 3.63) is 69.4 Å². The SMILES string of the molecule is Cc1cccc(CCC(N)c2cc(Br)ccc2F)c1. The van der Waals surface area contributed by atoms with E-state index in [0.29, 0.717) is 5.56 Å². The van der Waals surface area contributed by atoms with Gasteiger partial charge in [0.05, 0.1) is 0 Å². The summed E-state index contributed by atoms with van der Waals surface area (Å²) in [5.74, 6) is -0.236. The van der Waals surface area contributed by atoms with Gasteiger partial charge in [-0.05, 0) is 43.5 Å². The van der Waals surface area contributed by atoms with Gasteiger partial charge in [0, 0.05) is 16.1 Å². The minimum Gasteiger partial charge on any atom is -0.324 e. The first kappa shape index (κ1) is 14.2. The summed E-state index contributed by atoms with van der Waals surface area (Å²) in [5, 5.41) is 0. The van der Waals surface area contributed by atoms with Crippen LogP contribution in [-0.4, -0.2) is 0 Å². The second-order valence-corrected chi connectivity index (χ2v) is 5.72. The zero-order valence-corrected chi connectivity index (χ0v) is 12.5.